The van der Waals surface area contributed by atoms with Crippen LogP contribution in [0, 0.1) is 13.8 Å². The standard InChI is InChI=1S/C34H31ClN4O3S/c1-18-15-26-30(28(20-7-9-22(35)10-8-20)27(18)29(33(40)41)42-34(3,4)5)43-32(38-26)21-13-14-36-25(16-21)24-12-11-23-19(2)17-39(6)31(23)37-24/h7-17,29H,1-6H3,(H,40,41)/t29-/m0/s1. The van der Waals surface area contributed by atoms with Crippen molar-refractivity contribution in [1.29, 1.82) is 0 Å². The van der Waals surface area contributed by atoms with Crippen LogP contribution in [0.1, 0.15) is 43.6 Å². The molecule has 0 fully saturated rings. The normalized spacial score (nSPS) is 12.7. The van der Waals surface area contributed by atoms with Crippen molar-refractivity contribution in [3.05, 3.63) is 88.7 Å². The van der Waals surface area contributed by atoms with E-state index in [1.165, 1.54) is 16.9 Å². The number of nitrogens with zero attached hydrogens (tertiary/aromatic N) is 4. The smallest absolute Gasteiger partial charge is 0.337 e. The number of ether oxygens (including phenoxy) is 1. The Kier molecular flexibility index (Phi) is 7.32. The number of carbonyl (C=O) groups is 1. The van der Waals surface area contributed by atoms with Crippen LogP contribution in [0.4, 0.5) is 0 Å². The number of hydrogen-bond donors (Lipinski definition) is 1. The molecule has 0 unspecified atom stereocenters. The Bertz CT molecular complexity index is 2020. The van der Waals surface area contributed by atoms with Gasteiger partial charge < -0.3 is 14.4 Å². The van der Waals surface area contributed by atoms with Crippen LogP contribution in [-0.2, 0) is 16.6 Å². The highest BCUT2D eigenvalue weighted by Crippen LogP contribution is 2.44. The summed E-state index contributed by atoms with van der Waals surface area (Å²) in [6.07, 6.45) is 2.67. The molecule has 43 heavy (non-hydrogen) atoms. The Morgan fingerprint density at radius 2 is 1.72 bits per heavy atom. The highest BCUT2D eigenvalue weighted by Gasteiger charge is 2.32. The highest BCUT2D eigenvalue weighted by molar-refractivity contribution is 7.22. The van der Waals surface area contributed by atoms with E-state index in [1.807, 2.05) is 87.8 Å². The number of halogens is 1. The number of aromatic nitrogens is 4. The number of carboxylic acids is 1. The number of aliphatic carboxylic acids is 1. The fourth-order valence-electron chi connectivity index (χ4n) is 5.45. The molecule has 6 rings (SSSR count). The molecule has 0 amide bonds. The predicted molar refractivity (Wildman–Crippen MR) is 174 cm³/mol. The van der Waals surface area contributed by atoms with Crippen molar-refractivity contribution in [3.63, 3.8) is 0 Å². The zero-order valence-electron chi connectivity index (χ0n) is 24.8. The van der Waals surface area contributed by atoms with Crippen LogP contribution in [0.2, 0.25) is 5.02 Å². The van der Waals surface area contributed by atoms with Gasteiger partial charge in [-0.3, -0.25) is 4.98 Å². The number of pyridine rings is 2. The van der Waals surface area contributed by atoms with Gasteiger partial charge in [-0.25, -0.2) is 14.8 Å². The van der Waals surface area contributed by atoms with E-state index in [-0.39, 0.29) is 0 Å². The lowest BCUT2D eigenvalue weighted by atomic mass is 9.91. The van der Waals surface area contributed by atoms with Crippen LogP contribution in [0.25, 0.3) is 54.3 Å². The number of thiazole rings is 1. The number of benzene rings is 2. The second-order valence-corrected chi connectivity index (χ2v) is 13.2. The largest absolute Gasteiger partial charge is 0.479 e. The van der Waals surface area contributed by atoms with Gasteiger partial charge in [0, 0.05) is 46.5 Å². The monoisotopic (exact) mass is 610 g/mol. The SMILES string of the molecule is Cc1cc2nc(-c3ccnc(-c4ccc5c(C)cn(C)c5n4)c3)sc2c(-c2ccc(Cl)cc2)c1[C@H](OC(C)(C)C)C(=O)O. The number of aryl methyl sites for hydroxylation is 3. The molecular weight excluding hydrogens is 580 g/mol. The molecule has 0 spiro atoms. The molecule has 0 aliphatic carbocycles. The predicted octanol–water partition coefficient (Wildman–Crippen LogP) is 8.79. The summed E-state index contributed by atoms with van der Waals surface area (Å²) in [5, 5.41) is 12.8. The molecule has 1 atom stereocenters. The highest BCUT2D eigenvalue weighted by atomic mass is 35.5. The molecular formula is C34H31ClN4O3S. The van der Waals surface area contributed by atoms with Crippen LogP contribution in [0.15, 0.2) is 67.0 Å². The topological polar surface area (TPSA) is 90.1 Å². The van der Waals surface area contributed by atoms with Gasteiger partial charge in [0.25, 0.3) is 0 Å². The van der Waals surface area contributed by atoms with Crippen molar-refractivity contribution in [2.24, 2.45) is 7.05 Å². The first-order valence-electron chi connectivity index (χ1n) is 13.9. The first-order valence-corrected chi connectivity index (χ1v) is 15.1. The van der Waals surface area contributed by atoms with Crippen LogP contribution in [-0.4, -0.2) is 36.2 Å². The van der Waals surface area contributed by atoms with E-state index in [2.05, 4.69) is 24.2 Å². The molecule has 0 aliphatic rings. The Morgan fingerprint density at radius 1 is 0.977 bits per heavy atom. The molecule has 2 aromatic carbocycles. The molecule has 218 valence electrons. The minimum atomic E-state index is -1.17. The summed E-state index contributed by atoms with van der Waals surface area (Å²) in [6, 6.07) is 17.4. The summed E-state index contributed by atoms with van der Waals surface area (Å²) in [5.74, 6) is -1.05. The first kappa shape index (κ1) is 29.0. The summed E-state index contributed by atoms with van der Waals surface area (Å²) in [5.41, 5.74) is 7.64. The molecule has 1 N–H and O–H groups in total. The van der Waals surface area contributed by atoms with Crippen molar-refractivity contribution in [1.82, 2.24) is 19.5 Å². The number of fused-ring (bicyclic) bond motifs is 2. The zero-order chi connectivity index (χ0) is 30.6. The average Bonchev–Trinajstić information content (AvgIpc) is 3.51. The molecule has 4 heterocycles. The molecule has 0 aliphatic heterocycles. The lowest BCUT2D eigenvalue weighted by Crippen LogP contribution is -2.28. The van der Waals surface area contributed by atoms with E-state index < -0.39 is 17.7 Å². The Labute approximate surface area is 258 Å². The second-order valence-electron chi connectivity index (χ2n) is 11.7. The van der Waals surface area contributed by atoms with Gasteiger partial charge in [0.1, 0.15) is 10.7 Å². The fourth-order valence-corrected chi connectivity index (χ4v) is 6.70. The lowest BCUT2D eigenvalue weighted by molar-refractivity contribution is -0.160. The van der Waals surface area contributed by atoms with Crippen molar-refractivity contribution in [3.8, 4) is 33.1 Å². The maximum Gasteiger partial charge on any atom is 0.337 e. The Hall–Kier alpha value is -4.11. The van der Waals surface area contributed by atoms with Crippen molar-refractivity contribution in [2.75, 3.05) is 0 Å². The molecule has 6 aromatic rings. The van der Waals surface area contributed by atoms with Crippen LogP contribution in [0.5, 0.6) is 0 Å². The summed E-state index contributed by atoms with van der Waals surface area (Å²) in [6.45, 7) is 9.56. The van der Waals surface area contributed by atoms with E-state index in [1.54, 1.807) is 6.20 Å². The van der Waals surface area contributed by atoms with Gasteiger partial charge in [0.05, 0.1) is 27.2 Å². The quantitative estimate of drug-likeness (QED) is 0.203. The Morgan fingerprint density at radius 3 is 2.42 bits per heavy atom. The van der Waals surface area contributed by atoms with Crippen molar-refractivity contribution in [2.45, 2.75) is 46.3 Å². The van der Waals surface area contributed by atoms with Crippen molar-refractivity contribution >= 4 is 50.2 Å². The number of hydrogen-bond acceptors (Lipinski definition) is 6. The van der Waals surface area contributed by atoms with Crippen LogP contribution >= 0.6 is 22.9 Å². The maximum atomic E-state index is 12.6. The summed E-state index contributed by atoms with van der Waals surface area (Å²) in [7, 11) is 1.99. The van der Waals surface area contributed by atoms with Crippen LogP contribution in [0.3, 0.4) is 0 Å². The maximum absolute atomic E-state index is 12.6. The molecule has 0 radical (unpaired) electrons. The van der Waals surface area contributed by atoms with E-state index in [0.29, 0.717) is 10.6 Å². The summed E-state index contributed by atoms with van der Waals surface area (Å²) >= 11 is 7.75. The summed E-state index contributed by atoms with van der Waals surface area (Å²) in [4.78, 5) is 27.2. The fraction of sp³-hybridized carbons (Fsp3) is 0.235. The van der Waals surface area contributed by atoms with E-state index in [4.69, 9.17) is 26.3 Å². The number of carboxylic acid groups (broad SMARTS) is 1. The number of rotatable bonds is 6. The molecule has 0 bridgehead atoms. The second kappa shape index (κ2) is 10.9. The lowest BCUT2D eigenvalue weighted by Gasteiger charge is -2.28. The molecule has 4 aromatic heterocycles. The molecule has 9 heteroatoms. The molecule has 0 saturated carbocycles. The Balaban J connectivity index is 1.53. The van der Waals surface area contributed by atoms with Gasteiger partial charge in [0.15, 0.2) is 6.10 Å². The third-order valence-electron chi connectivity index (χ3n) is 7.31. The third-order valence-corrected chi connectivity index (χ3v) is 8.70. The minimum Gasteiger partial charge on any atom is -0.479 e. The zero-order valence-corrected chi connectivity index (χ0v) is 26.3. The van der Waals surface area contributed by atoms with Gasteiger partial charge in [-0.05, 0) is 93.8 Å². The molecule has 0 saturated heterocycles. The third kappa shape index (κ3) is 5.54. The van der Waals surface area contributed by atoms with Gasteiger partial charge in [-0.15, -0.1) is 11.3 Å². The minimum absolute atomic E-state index is 0.599. The molecule has 7 nitrogen and oxygen atoms in total. The van der Waals surface area contributed by atoms with Gasteiger partial charge in [-0.2, -0.15) is 0 Å². The first-order chi connectivity index (χ1) is 20.4. The summed E-state index contributed by atoms with van der Waals surface area (Å²) < 4.78 is 9.04. The van der Waals surface area contributed by atoms with Gasteiger partial charge >= 0.3 is 5.97 Å². The van der Waals surface area contributed by atoms with Gasteiger partial charge in [0.2, 0.25) is 0 Å². The van der Waals surface area contributed by atoms with E-state index >= 15 is 0 Å². The van der Waals surface area contributed by atoms with Gasteiger partial charge in [-0.1, -0.05) is 23.7 Å². The van der Waals surface area contributed by atoms with Crippen LogP contribution < -0.4 is 0 Å². The van der Waals surface area contributed by atoms with Crippen molar-refractivity contribution < 1.29 is 14.6 Å². The average molecular weight is 611 g/mol. The van der Waals surface area contributed by atoms with E-state index in [0.717, 1.165) is 59.9 Å². The van der Waals surface area contributed by atoms with E-state index in [9.17, 15) is 9.90 Å².